The predicted molar refractivity (Wildman–Crippen MR) is 46.7 cm³/mol. The molecule has 0 bridgehead atoms. The fraction of sp³-hybridized carbons (Fsp3) is 0.600. The number of alkyl halides is 6. The summed E-state index contributed by atoms with van der Waals surface area (Å²) in [5.41, 5.74) is -3.34. The Balaban J connectivity index is 3.44. The molecule has 1 aliphatic carbocycles. The molecular formula is C10H10F6. The van der Waals surface area contributed by atoms with Crippen molar-refractivity contribution in [3.63, 3.8) is 0 Å². The van der Waals surface area contributed by atoms with E-state index in [4.69, 9.17) is 0 Å². The second-order valence-corrected chi connectivity index (χ2v) is 3.81. The molecule has 0 aromatic carbocycles. The lowest BCUT2D eigenvalue weighted by Gasteiger charge is -2.28. The maximum Gasteiger partial charge on any atom is 0.416 e. The van der Waals surface area contributed by atoms with Crippen LogP contribution >= 0.6 is 0 Å². The second kappa shape index (κ2) is 3.82. The van der Waals surface area contributed by atoms with Crippen LogP contribution in [-0.4, -0.2) is 12.4 Å². The summed E-state index contributed by atoms with van der Waals surface area (Å²) in [6.45, 7) is 2.21. The van der Waals surface area contributed by atoms with Crippen LogP contribution in [0.1, 0.15) is 20.3 Å². The molecule has 1 rings (SSSR count). The molecule has 0 nitrogen and oxygen atoms in total. The molecule has 0 radical (unpaired) electrons. The van der Waals surface area contributed by atoms with Gasteiger partial charge in [0.05, 0.1) is 5.57 Å². The minimum Gasteiger partial charge on any atom is -0.166 e. The van der Waals surface area contributed by atoms with Crippen molar-refractivity contribution in [3.8, 4) is 0 Å². The molecular weight excluding hydrogens is 234 g/mol. The van der Waals surface area contributed by atoms with Crippen LogP contribution in [-0.2, 0) is 0 Å². The Morgan fingerprint density at radius 1 is 1.06 bits per heavy atom. The van der Waals surface area contributed by atoms with Crippen LogP contribution in [0.2, 0.25) is 0 Å². The summed E-state index contributed by atoms with van der Waals surface area (Å²) in [6, 6.07) is 0. The van der Waals surface area contributed by atoms with Gasteiger partial charge in [0.2, 0.25) is 0 Å². The van der Waals surface area contributed by atoms with Gasteiger partial charge in [-0.15, -0.1) is 0 Å². The molecule has 1 atom stereocenters. The summed E-state index contributed by atoms with van der Waals surface area (Å²) in [5, 5.41) is 0. The van der Waals surface area contributed by atoms with E-state index >= 15 is 0 Å². The zero-order valence-corrected chi connectivity index (χ0v) is 8.63. The van der Waals surface area contributed by atoms with Gasteiger partial charge in [0.25, 0.3) is 0 Å². The van der Waals surface area contributed by atoms with E-state index in [2.05, 4.69) is 0 Å². The highest BCUT2D eigenvalue weighted by Crippen LogP contribution is 2.46. The highest BCUT2D eigenvalue weighted by atomic mass is 19.4. The first kappa shape index (κ1) is 13.1. The first-order chi connectivity index (χ1) is 7.05. The Labute approximate surface area is 88.6 Å². The number of rotatable bonds is 0. The summed E-state index contributed by atoms with van der Waals surface area (Å²) in [6.07, 6.45) is -8.71. The van der Waals surface area contributed by atoms with Crippen molar-refractivity contribution in [2.75, 3.05) is 0 Å². The molecule has 0 heterocycles. The first-order valence-corrected chi connectivity index (χ1v) is 4.61. The van der Waals surface area contributed by atoms with Crippen LogP contribution in [0, 0.1) is 5.92 Å². The third kappa shape index (κ3) is 2.41. The summed E-state index contributed by atoms with van der Waals surface area (Å²) in [5.74, 6) is -1.15. The second-order valence-electron chi connectivity index (χ2n) is 3.81. The van der Waals surface area contributed by atoms with Gasteiger partial charge in [-0.25, -0.2) is 0 Å². The average Bonchev–Trinajstić information content (AvgIpc) is 2.04. The molecule has 6 heteroatoms. The molecule has 0 saturated heterocycles. The highest BCUT2D eigenvalue weighted by molar-refractivity contribution is 5.43. The Hall–Kier alpha value is -0.940. The van der Waals surface area contributed by atoms with E-state index in [1.165, 1.54) is 6.08 Å². The number of hydrogen-bond acceptors (Lipinski definition) is 0. The molecule has 1 unspecified atom stereocenters. The molecule has 0 N–H and O–H groups in total. The number of hydrogen-bond donors (Lipinski definition) is 0. The van der Waals surface area contributed by atoms with Crippen molar-refractivity contribution in [2.24, 2.45) is 5.92 Å². The summed E-state index contributed by atoms with van der Waals surface area (Å²) >= 11 is 0. The van der Waals surface area contributed by atoms with Gasteiger partial charge in [-0.05, 0) is 24.8 Å². The van der Waals surface area contributed by atoms with Crippen LogP contribution in [0.3, 0.4) is 0 Å². The third-order valence-electron chi connectivity index (χ3n) is 2.52. The maximum atomic E-state index is 12.6. The SMILES string of the molecule is CC1=CCC(C)C(C(F)(F)F)=C1C(F)(F)F. The monoisotopic (exact) mass is 244 g/mol. The van der Waals surface area contributed by atoms with Crippen molar-refractivity contribution >= 4 is 0 Å². The van der Waals surface area contributed by atoms with Crippen LogP contribution in [0.25, 0.3) is 0 Å². The standard InChI is InChI=1S/C10H10F6/c1-5-3-4-6(2)8(10(14,15)16)7(5)9(11,12)13/h3,6H,4H2,1-2H3. The first-order valence-electron chi connectivity index (χ1n) is 4.61. The van der Waals surface area contributed by atoms with Crippen molar-refractivity contribution in [2.45, 2.75) is 32.6 Å². The van der Waals surface area contributed by atoms with Crippen LogP contribution in [0.4, 0.5) is 26.3 Å². The molecule has 1 aliphatic rings. The van der Waals surface area contributed by atoms with Gasteiger partial charge < -0.3 is 0 Å². The molecule has 16 heavy (non-hydrogen) atoms. The van der Waals surface area contributed by atoms with Crippen LogP contribution in [0.15, 0.2) is 22.8 Å². The Morgan fingerprint density at radius 3 is 1.88 bits per heavy atom. The van der Waals surface area contributed by atoms with Crippen LogP contribution < -0.4 is 0 Å². The van der Waals surface area contributed by atoms with Gasteiger partial charge >= 0.3 is 12.4 Å². The van der Waals surface area contributed by atoms with E-state index in [0.717, 1.165) is 13.8 Å². The zero-order chi connectivity index (χ0) is 12.7. The fourth-order valence-corrected chi connectivity index (χ4v) is 1.83. The van der Waals surface area contributed by atoms with Gasteiger partial charge in [0.1, 0.15) is 0 Å². The third-order valence-corrected chi connectivity index (χ3v) is 2.52. The lowest BCUT2D eigenvalue weighted by Crippen LogP contribution is -2.29. The largest absolute Gasteiger partial charge is 0.416 e. The van der Waals surface area contributed by atoms with Gasteiger partial charge in [0, 0.05) is 5.57 Å². The minimum absolute atomic E-state index is 0.0136. The number of allylic oxidation sites excluding steroid dienone is 4. The van der Waals surface area contributed by atoms with E-state index in [1.807, 2.05) is 0 Å². The smallest absolute Gasteiger partial charge is 0.166 e. The fourth-order valence-electron chi connectivity index (χ4n) is 1.83. The molecule has 0 fully saturated rings. The van der Waals surface area contributed by atoms with E-state index < -0.39 is 29.4 Å². The zero-order valence-electron chi connectivity index (χ0n) is 8.63. The molecule has 0 spiro atoms. The van der Waals surface area contributed by atoms with Gasteiger partial charge in [-0.3, -0.25) is 0 Å². The molecule has 0 saturated carbocycles. The van der Waals surface area contributed by atoms with E-state index in [0.29, 0.717) is 0 Å². The lowest BCUT2D eigenvalue weighted by molar-refractivity contribution is -0.119. The molecule has 0 aromatic heterocycles. The van der Waals surface area contributed by atoms with Crippen molar-refractivity contribution in [1.29, 1.82) is 0 Å². The van der Waals surface area contributed by atoms with Crippen molar-refractivity contribution in [1.82, 2.24) is 0 Å². The Kier molecular flexibility index (Phi) is 3.13. The topological polar surface area (TPSA) is 0 Å². The molecule has 0 aromatic rings. The van der Waals surface area contributed by atoms with E-state index in [-0.39, 0.29) is 12.0 Å². The Morgan fingerprint density at radius 2 is 1.56 bits per heavy atom. The Bertz CT molecular complexity index is 341. The molecule has 0 aliphatic heterocycles. The molecule has 92 valence electrons. The van der Waals surface area contributed by atoms with Gasteiger partial charge in [-0.2, -0.15) is 26.3 Å². The lowest BCUT2D eigenvalue weighted by atomic mass is 9.83. The molecule has 0 amide bonds. The minimum atomic E-state index is -4.96. The number of halogens is 6. The average molecular weight is 244 g/mol. The highest BCUT2D eigenvalue weighted by Gasteiger charge is 2.48. The van der Waals surface area contributed by atoms with Crippen molar-refractivity contribution < 1.29 is 26.3 Å². The van der Waals surface area contributed by atoms with Crippen LogP contribution in [0.5, 0.6) is 0 Å². The quantitative estimate of drug-likeness (QED) is 0.554. The summed E-state index contributed by atoms with van der Waals surface area (Å²) in [7, 11) is 0. The summed E-state index contributed by atoms with van der Waals surface area (Å²) in [4.78, 5) is 0. The van der Waals surface area contributed by atoms with Gasteiger partial charge in [-0.1, -0.05) is 13.0 Å². The van der Waals surface area contributed by atoms with Crippen molar-refractivity contribution in [3.05, 3.63) is 22.8 Å². The maximum absolute atomic E-state index is 12.6. The van der Waals surface area contributed by atoms with Gasteiger partial charge in [0.15, 0.2) is 0 Å². The summed E-state index contributed by atoms with van der Waals surface area (Å²) < 4.78 is 75.3. The van der Waals surface area contributed by atoms with E-state index in [9.17, 15) is 26.3 Å². The normalized spacial score (nSPS) is 23.5. The predicted octanol–water partition coefficient (Wildman–Crippen LogP) is 4.39. The van der Waals surface area contributed by atoms with E-state index in [1.54, 1.807) is 0 Å².